The molecule has 0 fully saturated rings. The minimum absolute atomic E-state index is 0.185. The predicted octanol–water partition coefficient (Wildman–Crippen LogP) is 5.98. The summed E-state index contributed by atoms with van der Waals surface area (Å²) in [5.41, 5.74) is 2.31. The van der Waals surface area contributed by atoms with Gasteiger partial charge >= 0.3 is 0 Å². The molecule has 0 saturated heterocycles. The van der Waals surface area contributed by atoms with Gasteiger partial charge in [0.05, 0.1) is 20.6 Å². The van der Waals surface area contributed by atoms with Crippen molar-refractivity contribution in [1.29, 1.82) is 0 Å². The van der Waals surface area contributed by atoms with E-state index in [1.807, 2.05) is 6.07 Å². The van der Waals surface area contributed by atoms with Gasteiger partial charge in [0.1, 0.15) is 11.6 Å². The van der Waals surface area contributed by atoms with Gasteiger partial charge in [-0.1, -0.05) is 53.5 Å². The molecule has 0 unspecified atom stereocenters. The lowest BCUT2D eigenvalue weighted by Gasteiger charge is -2.12. The highest BCUT2D eigenvalue weighted by molar-refractivity contribution is 7.90. The van der Waals surface area contributed by atoms with E-state index in [2.05, 4.69) is 4.98 Å². The monoisotopic (exact) mass is 474 g/mol. The number of aromatic nitrogens is 2. The van der Waals surface area contributed by atoms with Crippen LogP contribution in [-0.4, -0.2) is 24.2 Å². The summed E-state index contributed by atoms with van der Waals surface area (Å²) in [5, 5.41) is 0.893. The van der Waals surface area contributed by atoms with Gasteiger partial charge in [-0.05, 0) is 47.0 Å². The van der Waals surface area contributed by atoms with Crippen LogP contribution < -0.4 is 0 Å². The molecular formula is C23H17Cl2FN2O2S. The van der Waals surface area contributed by atoms with Crippen LogP contribution in [0.1, 0.15) is 11.4 Å². The first-order valence-corrected chi connectivity index (χ1v) is 11.9. The van der Waals surface area contributed by atoms with Gasteiger partial charge in [0.25, 0.3) is 0 Å². The molecule has 0 N–H and O–H groups in total. The molecule has 0 atom stereocenters. The normalized spacial score (nSPS) is 11.6. The van der Waals surface area contributed by atoms with Crippen LogP contribution >= 0.6 is 23.2 Å². The first-order valence-electron chi connectivity index (χ1n) is 9.29. The lowest BCUT2D eigenvalue weighted by molar-refractivity contribution is 0.602. The van der Waals surface area contributed by atoms with Gasteiger partial charge in [-0.15, -0.1) is 0 Å². The molecule has 0 radical (unpaired) electrons. The third kappa shape index (κ3) is 4.51. The number of nitrogens with zero attached hydrogens (tertiary/aromatic N) is 2. The molecule has 0 amide bonds. The smallest absolute Gasteiger partial charge is 0.175 e. The van der Waals surface area contributed by atoms with Gasteiger partial charge in [0.2, 0.25) is 0 Å². The molecule has 0 aliphatic heterocycles. The SMILES string of the molecule is CS(=O)(=O)c1cccc(-c2ccc(-n3ccnc3Cc3cccc(Cl)c3Cl)c(F)c2)c1. The standard InChI is InChI=1S/C23H17Cl2FN2O2S/c1-31(29,30)18-6-2-4-15(12-18)16-8-9-21(20(26)13-16)28-11-10-27-22(28)14-17-5-3-7-19(24)23(17)25/h2-13H,14H2,1H3. The van der Waals surface area contributed by atoms with Crippen molar-refractivity contribution in [3.63, 3.8) is 0 Å². The molecule has 3 aromatic carbocycles. The Hall–Kier alpha value is -2.67. The van der Waals surface area contributed by atoms with Gasteiger partial charge in [0.15, 0.2) is 9.84 Å². The fourth-order valence-corrected chi connectivity index (χ4v) is 4.38. The van der Waals surface area contributed by atoms with E-state index in [4.69, 9.17) is 23.2 Å². The molecule has 158 valence electrons. The Balaban J connectivity index is 1.69. The summed E-state index contributed by atoms with van der Waals surface area (Å²) in [7, 11) is -3.36. The second-order valence-electron chi connectivity index (χ2n) is 7.07. The van der Waals surface area contributed by atoms with Crippen LogP contribution in [0.5, 0.6) is 0 Å². The number of benzene rings is 3. The summed E-state index contributed by atoms with van der Waals surface area (Å²) in [6.45, 7) is 0. The highest BCUT2D eigenvalue weighted by Crippen LogP contribution is 2.29. The van der Waals surface area contributed by atoms with E-state index < -0.39 is 15.7 Å². The van der Waals surface area contributed by atoms with Crippen molar-refractivity contribution in [1.82, 2.24) is 9.55 Å². The molecule has 0 bridgehead atoms. The number of hydrogen-bond acceptors (Lipinski definition) is 3. The van der Waals surface area contributed by atoms with Crippen molar-refractivity contribution in [2.24, 2.45) is 0 Å². The minimum Gasteiger partial charge on any atom is -0.301 e. The Morgan fingerprint density at radius 2 is 1.74 bits per heavy atom. The van der Waals surface area contributed by atoms with Crippen molar-refractivity contribution in [2.75, 3.05) is 6.26 Å². The molecule has 1 aromatic heterocycles. The van der Waals surface area contributed by atoms with Crippen molar-refractivity contribution in [2.45, 2.75) is 11.3 Å². The molecule has 4 rings (SSSR count). The largest absolute Gasteiger partial charge is 0.301 e. The summed E-state index contributed by atoms with van der Waals surface area (Å²) in [6, 6.07) is 16.6. The topological polar surface area (TPSA) is 52.0 Å². The van der Waals surface area contributed by atoms with Crippen LogP contribution in [0.25, 0.3) is 16.8 Å². The molecule has 8 heteroatoms. The van der Waals surface area contributed by atoms with Crippen molar-refractivity contribution < 1.29 is 12.8 Å². The highest BCUT2D eigenvalue weighted by Gasteiger charge is 2.14. The molecule has 31 heavy (non-hydrogen) atoms. The Morgan fingerprint density at radius 3 is 2.48 bits per heavy atom. The summed E-state index contributed by atoms with van der Waals surface area (Å²) in [6.07, 6.45) is 4.79. The maximum atomic E-state index is 15.1. The van der Waals surface area contributed by atoms with E-state index in [9.17, 15) is 8.42 Å². The lowest BCUT2D eigenvalue weighted by Crippen LogP contribution is -2.04. The maximum Gasteiger partial charge on any atom is 0.175 e. The van der Waals surface area contributed by atoms with Gasteiger partial charge in [-0.25, -0.2) is 17.8 Å². The second kappa shape index (κ2) is 8.46. The van der Waals surface area contributed by atoms with Crippen LogP contribution in [-0.2, 0) is 16.3 Å². The van der Waals surface area contributed by atoms with E-state index in [1.165, 1.54) is 18.2 Å². The number of halogens is 3. The summed E-state index contributed by atoms with van der Waals surface area (Å²) in [5.74, 6) is 0.147. The average molecular weight is 475 g/mol. The van der Waals surface area contributed by atoms with E-state index >= 15 is 4.39 Å². The molecule has 0 spiro atoms. The van der Waals surface area contributed by atoms with Crippen LogP contribution in [0.2, 0.25) is 10.0 Å². The first-order chi connectivity index (χ1) is 14.7. The van der Waals surface area contributed by atoms with E-state index in [1.54, 1.807) is 53.4 Å². The van der Waals surface area contributed by atoms with Crippen LogP contribution in [0.3, 0.4) is 0 Å². The molecular weight excluding hydrogens is 458 g/mol. The zero-order chi connectivity index (χ0) is 22.2. The Kier molecular flexibility index (Phi) is 5.88. The highest BCUT2D eigenvalue weighted by atomic mass is 35.5. The zero-order valence-corrected chi connectivity index (χ0v) is 18.7. The molecule has 1 heterocycles. The molecule has 0 aliphatic carbocycles. The number of rotatable bonds is 5. The fraction of sp³-hybridized carbons (Fsp3) is 0.0870. The van der Waals surface area contributed by atoms with Gasteiger partial charge < -0.3 is 4.57 Å². The van der Waals surface area contributed by atoms with Gasteiger partial charge in [-0.3, -0.25) is 0 Å². The van der Waals surface area contributed by atoms with Crippen LogP contribution in [0.15, 0.2) is 78.0 Å². The van der Waals surface area contributed by atoms with Crippen molar-refractivity contribution >= 4 is 33.0 Å². The third-order valence-corrected chi connectivity index (χ3v) is 6.87. The second-order valence-corrected chi connectivity index (χ2v) is 9.87. The lowest BCUT2D eigenvalue weighted by atomic mass is 10.0. The number of imidazole rings is 1. The van der Waals surface area contributed by atoms with E-state index in [0.29, 0.717) is 39.1 Å². The molecule has 0 saturated carbocycles. The summed E-state index contributed by atoms with van der Waals surface area (Å²) >= 11 is 12.4. The van der Waals surface area contributed by atoms with E-state index in [-0.39, 0.29) is 4.90 Å². The Morgan fingerprint density at radius 1 is 1.00 bits per heavy atom. The Bertz CT molecular complexity index is 1380. The van der Waals surface area contributed by atoms with Crippen LogP contribution in [0.4, 0.5) is 4.39 Å². The van der Waals surface area contributed by atoms with Crippen molar-refractivity contribution in [3.05, 3.63) is 100 Å². The third-order valence-electron chi connectivity index (χ3n) is 4.90. The maximum absolute atomic E-state index is 15.1. The number of hydrogen-bond donors (Lipinski definition) is 0. The van der Waals surface area contributed by atoms with Crippen LogP contribution in [0, 0.1) is 5.82 Å². The first kappa shape index (κ1) is 21.6. The summed E-state index contributed by atoms with van der Waals surface area (Å²) in [4.78, 5) is 4.53. The number of sulfone groups is 1. The minimum atomic E-state index is -3.36. The molecule has 4 nitrogen and oxygen atoms in total. The average Bonchev–Trinajstić information content (AvgIpc) is 3.18. The summed E-state index contributed by atoms with van der Waals surface area (Å²) < 4.78 is 40.4. The Labute approximate surface area is 189 Å². The van der Waals surface area contributed by atoms with Gasteiger partial charge in [-0.2, -0.15) is 0 Å². The molecule has 4 aromatic rings. The van der Waals surface area contributed by atoms with E-state index in [0.717, 1.165) is 11.8 Å². The van der Waals surface area contributed by atoms with Crippen molar-refractivity contribution in [3.8, 4) is 16.8 Å². The quantitative estimate of drug-likeness (QED) is 0.357. The zero-order valence-electron chi connectivity index (χ0n) is 16.4. The molecule has 0 aliphatic rings. The fourth-order valence-electron chi connectivity index (χ4n) is 3.33. The predicted molar refractivity (Wildman–Crippen MR) is 121 cm³/mol. The van der Waals surface area contributed by atoms with Gasteiger partial charge in [0, 0.05) is 25.1 Å².